The lowest BCUT2D eigenvalue weighted by Crippen LogP contribution is -2.47. The van der Waals surface area contributed by atoms with Crippen molar-refractivity contribution >= 4 is 6.09 Å². The summed E-state index contributed by atoms with van der Waals surface area (Å²) in [4.78, 5) is 16.5. The molecule has 2 aliphatic heterocycles. The third-order valence-corrected chi connectivity index (χ3v) is 4.73. The van der Waals surface area contributed by atoms with Crippen molar-refractivity contribution < 1.29 is 9.53 Å². The molecule has 2 heterocycles. The van der Waals surface area contributed by atoms with Crippen molar-refractivity contribution in [3.63, 3.8) is 0 Å². The third-order valence-electron chi connectivity index (χ3n) is 4.73. The van der Waals surface area contributed by atoms with Gasteiger partial charge in [0.05, 0.1) is 0 Å². The van der Waals surface area contributed by atoms with Crippen molar-refractivity contribution in [1.29, 1.82) is 0 Å². The second kappa shape index (κ2) is 8.34. The van der Waals surface area contributed by atoms with Crippen LogP contribution in [0.15, 0.2) is 0 Å². The number of rotatable bonds is 5. The molecule has 2 aliphatic rings. The van der Waals surface area contributed by atoms with Crippen LogP contribution in [0.4, 0.5) is 4.79 Å². The Hall–Kier alpha value is -0.810. The number of ether oxygens (including phenoxy) is 1. The van der Waals surface area contributed by atoms with Crippen molar-refractivity contribution in [2.24, 2.45) is 0 Å². The minimum absolute atomic E-state index is 0.170. The molecule has 134 valence electrons. The molecule has 1 N–H and O–H groups in total. The number of unbranched alkanes of at least 4 members (excludes halogenated alkanes) is 1. The molecular formula is C18H35N3O2. The maximum absolute atomic E-state index is 12.1. The van der Waals surface area contributed by atoms with Crippen molar-refractivity contribution in [3.8, 4) is 0 Å². The molecule has 2 saturated heterocycles. The second-order valence-electron chi connectivity index (χ2n) is 8.05. The molecule has 0 saturated carbocycles. The van der Waals surface area contributed by atoms with E-state index in [2.05, 4.69) is 17.1 Å². The van der Waals surface area contributed by atoms with Gasteiger partial charge < -0.3 is 19.9 Å². The summed E-state index contributed by atoms with van der Waals surface area (Å²) in [7, 11) is 0. The van der Waals surface area contributed by atoms with E-state index in [4.69, 9.17) is 4.74 Å². The molecule has 1 atom stereocenters. The van der Waals surface area contributed by atoms with Crippen LogP contribution in [0.2, 0.25) is 0 Å². The smallest absolute Gasteiger partial charge is 0.410 e. The van der Waals surface area contributed by atoms with E-state index in [0.29, 0.717) is 12.1 Å². The Morgan fingerprint density at radius 1 is 1.13 bits per heavy atom. The Kier molecular flexibility index (Phi) is 6.72. The van der Waals surface area contributed by atoms with E-state index in [1.165, 1.54) is 45.3 Å². The number of nitrogens with one attached hydrogen (secondary N) is 1. The number of nitrogens with zero attached hydrogens (tertiary/aromatic N) is 2. The van der Waals surface area contributed by atoms with E-state index in [-0.39, 0.29) is 6.09 Å². The van der Waals surface area contributed by atoms with Crippen LogP contribution >= 0.6 is 0 Å². The van der Waals surface area contributed by atoms with Gasteiger partial charge in [0.2, 0.25) is 0 Å². The van der Waals surface area contributed by atoms with Gasteiger partial charge in [-0.2, -0.15) is 0 Å². The van der Waals surface area contributed by atoms with Gasteiger partial charge in [0, 0.05) is 25.2 Å². The number of hydrogen-bond donors (Lipinski definition) is 1. The first-order valence-corrected chi connectivity index (χ1v) is 9.33. The van der Waals surface area contributed by atoms with E-state index >= 15 is 0 Å². The van der Waals surface area contributed by atoms with Crippen LogP contribution in [0, 0.1) is 0 Å². The Morgan fingerprint density at radius 2 is 1.78 bits per heavy atom. The number of amides is 1. The maximum Gasteiger partial charge on any atom is 0.410 e. The number of piperidine rings is 1. The predicted octanol–water partition coefficient (Wildman–Crippen LogP) is 2.85. The van der Waals surface area contributed by atoms with Crippen molar-refractivity contribution in [2.45, 2.75) is 77.5 Å². The van der Waals surface area contributed by atoms with Gasteiger partial charge in [-0.05, 0) is 66.1 Å². The monoisotopic (exact) mass is 325 g/mol. The van der Waals surface area contributed by atoms with Gasteiger partial charge in [-0.1, -0.05) is 13.3 Å². The molecule has 0 aliphatic carbocycles. The molecule has 23 heavy (non-hydrogen) atoms. The summed E-state index contributed by atoms with van der Waals surface area (Å²) < 4.78 is 5.46. The minimum Gasteiger partial charge on any atom is -0.444 e. The lowest BCUT2D eigenvalue weighted by atomic mass is 10.0. The predicted molar refractivity (Wildman–Crippen MR) is 93.7 cm³/mol. The highest BCUT2D eigenvalue weighted by Gasteiger charge is 2.31. The lowest BCUT2D eigenvalue weighted by Gasteiger charge is -2.34. The largest absolute Gasteiger partial charge is 0.444 e. The highest BCUT2D eigenvalue weighted by molar-refractivity contribution is 5.68. The first-order chi connectivity index (χ1) is 10.9. The maximum atomic E-state index is 12.1. The van der Waals surface area contributed by atoms with Crippen molar-refractivity contribution in [3.05, 3.63) is 0 Å². The van der Waals surface area contributed by atoms with Gasteiger partial charge >= 0.3 is 6.09 Å². The van der Waals surface area contributed by atoms with Crippen LogP contribution in [-0.2, 0) is 4.74 Å². The molecule has 2 rings (SSSR count). The minimum atomic E-state index is -0.409. The molecule has 0 aromatic rings. The molecule has 0 radical (unpaired) electrons. The van der Waals surface area contributed by atoms with Crippen LogP contribution in [0.1, 0.15) is 59.8 Å². The molecule has 2 fully saturated rings. The molecule has 0 aromatic heterocycles. The topological polar surface area (TPSA) is 44.8 Å². The standard InChI is InChI=1S/C18H35N3O2/c1-5-6-10-20-11-7-15(8-12-20)19-16-9-13-21(14-16)17(22)23-18(2,3)4/h15-16,19H,5-14H2,1-4H3. The fraction of sp³-hybridized carbons (Fsp3) is 0.944. The van der Waals surface area contributed by atoms with Crippen LogP contribution in [0.5, 0.6) is 0 Å². The van der Waals surface area contributed by atoms with Gasteiger partial charge in [0.15, 0.2) is 0 Å². The zero-order valence-electron chi connectivity index (χ0n) is 15.4. The number of carbonyl (C=O) groups is 1. The van der Waals surface area contributed by atoms with Crippen LogP contribution < -0.4 is 5.32 Å². The summed E-state index contributed by atoms with van der Waals surface area (Å²) in [5, 5.41) is 3.77. The normalized spacial score (nSPS) is 24.2. The molecule has 0 spiro atoms. The molecule has 5 heteroatoms. The zero-order chi connectivity index (χ0) is 16.9. The Bertz CT molecular complexity index is 373. The highest BCUT2D eigenvalue weighted by Crippen LogP contribution is 2.18. The first kappa shape index (κ1) is 18.5. The molecule has 0 bridgehead atoms. The quantitative estimate of drug-likeness (QED) is 0.844. The Morgan fingerprint density at radius 3 is 2.39 bits per heavy atom. The van der Waals surface area contributed by atoms with Crippen molar-refractivity contribution in [2.75, 3.05) is 32.7 Å². The first-order valence-electron chi connectivity index (χ1n) is 9.33. The molecule has 5 nitrogen and oxygen atoms in total. The van der Waals surface area contributed by atoms with Crippen LogP contribution in [0.25, 0.3) is 0 Å². The van der Waals surface area contributed by atoms with E-state index in [1.54, 1.807) is 0 Å². The third kappa shape index (κ3) is 6.30. The summed E-state index contributed by atoms with van der Waals surface area (Å²) >= 11 is 0. The zero-order valence-corrected chi connectivity index (χ0v) is 15.4. The number of hydrogen-bond acceptors (Lipinski definition) is 4. The highest BCUT2D eigenvalue weighted by atomic mass is 16.6. The molecule has 1 unspecified atom stereocenters. The van der Waals surface area contributed by atoms with Gasteiger partial charge in [-0.25, -0.2) is 4.79 Å². The SMILES string of the molecule is CCCCN1CCC(NC2CCN(C(=O)OC(C)(C)C)C2)CC1. The van der Waals surface area contributed by atoms with E-state index in [1.807, 2.05) is 25.7 Å². The summed E-state index contributed by atoms with van der Waals surface area (Å²) in [6.07, 6.45) is 5.91. The Balaban J connectivity index is 1.67. The van der Waals surface area contributed by atoms with Gasteiger partial charge in [-0.15, -0.1) is 0 Å². The van der Waals surface area contributed by atoms with Gasteiger partial charge in [0.25, 0.3) is 0 Å². The summed E-state index contributed by atoms with van der Waals surface area (Å²) in [5.41, 5.74) is -0.409. The van der Waals surface area contributed by atoms with E-state index in [0.717, 1.165) is 19.5 Å². The number of carbonyl (C=O) groups excluding carboxylic acids is 1. The molecule has 0 aromatic carbocycles. The average molecular weight is 325 g/mol. The van der Waals surface area contributed by atoms with E-state index < -0.39 is 5.60 Å². The summed E-state index contributed by atoms with van der Waals surface area (Å²) in [6.45, 7) is 13.3. The van der Waals surface area contributed by atoms with Gasteiger partial charge in [0.1, 0.15) is 5.60 Å². The number of likely N-dealkylation sites (tertiary alicyclic amines) is 2. The van der Waals surface area contributed by atoms with Crippen LogP contribution in [0.3, 0.4) is 0 Å². The second-order valence-corrected chi connectivity index (χ2v) is 8.05. The van der Waals surface area contributed by atoms with Gasteiger partial charge in [-0.3, -0.25) is 0 Å². The lowest BCUT2D eigenvalue weighted by molar-refractivity contribution is 0.0289. The summed E-state index contributed by atoms with van der Waals surface area (Å²) in [5.74, 6) is 0. The summed E-state index contributed by atoms with van der Waals surface area (Å²) in [6, 6.07) is 1.03. The molecule has 1 amide bonds. The molecular weight excluding hydrogens is 290 g/mol. The Labute approximate surface area is 141 Å². The van der Waals surface area contributed by atoms with E-state index in [9.17, 15) is 4.79 Å². The fourth-order valence-corrected chi connectivity index (χ4v) is 3.43. The average Bonchev–Trinajstić information content (AvgIpc) is 2.93. The van der Waals surface area contributed by atoms with Crippen molar-refractivity contribution in [1.82, 2.24) is 15.1 Å². The fourth-order valence-electron chi connectivity index (χ4n) is 3.43. The van der Waals surface area contributed by atoms with Crippen LogP contribution in [-0.4, -0.2) is 66.3 Å².